The number of rotatable bonds is 7. The van der Waals surface area contributed by atoms with E-state index in [-0.39, 0.29) is 17.7 Å². The molecule has 0 saturated carbocycles. The fourth-order valence-corrected chi connectivity index (χ4v) is 6.21. The predicted octanol–water partition coefficient (Wildman–Crippen LogP) is 4.49. The summed E-state index contributed by atoms with van der Waals surface area (Å²) in [6, 6.07) is 15.4. The van der Waals surface area contributed by atoms with Crippen molar-refractivity contribution >= 4 is 40.1 Å². The quantitative estimate of drug-likeness (QED) is 0.161. The molecule has 1 aromatic heterocycles. The number of ether oxygens (including phenoxy) is 1. The number of benzene rings is 3. The number of alkyl halides is 3. The van der Waals surface area contributed by atoms with Crippen molar-refractivity contribution in [2.24, 2.45) is 11.8 Å². The summed E-state index contributed by atoms with van der Waals surface area (Å²) in [5.41, 5.74) is -1.31. The van der Waals surface area contributed by atoms with E-state index in [0.29, 0.717) is 16.5 Å². The van der Waals surface area contributed by atoms with Crippen molar-refractivity contribution in [3.05, 3.63) is 100 Å². The zero-order chi connectivity index (χ0) is 30.7. The average molecular weight is 595 g/mol. The zero-order valence-corrected chi connectivity index (χ0v) is 21.9. The number of nitro groups is 1. The Labute approximate surface area is 240 Å². The Kier molecular flexibility index (Phi) is 6.45. The second-order valence-corrected chi connectivity index (χ2v) is 10.3. The Balaban J connectivity index is 1.50. The lowest BCUT2D eigenvalue weighted by atomic mass is 9.76. The number of aromatic amines is 1. The molecular weight excluding hydrogens is 573 g/mol. The number of carboxylic acids is 1. The summed E-state index contributed by atoms with van der Waals surface area (Å²) in [4.78, 5) is 55.7. The molecule has 4 unspecified atom stereocenters. The molecule has 0 spiro atoms. The third-order valence-corrected chi connectivity index (χ3v) is 7.93. The molecule has 2 amide bonds. The summed E-state index contributed by atoms with van der Waals surface area (Å²) in [7, 11) is 0. The van der Waals surface area contributed by atoms with E-state index in [9.17, 15) is 42.8 Å². The van der Waals surface area contributed by atoms with Gasteiger partial charge in [0, 0.05) is 41.7 Å². The summed E-state index contributed by atoms with van der Waals surface area (Å²) in [6.07, 6.45) is -3.69. The van der Waals surface area contributed by atoms with Crippen molar-refractivity contribution in [2.75, 3.05) is 4.90 Å². The highest BCUT2D eigenvalue weighted by Gasteiger charge is 2.68. The first-order valence-corrected chi connectivity index (χ1v) is 12.9. The summed E-state index contributed by atoms with van der Waals surface area (Å²) >= 11 is 0. The molecule has 3 N–H and O–H groups in total. The maximum Gasteiger partial charge on any atom is 0.573 e. The number of anilines is 1. The van der Waals surface area contributed by atoms with Crippen molar-refractivity contribution in [2.45, 2.75) is 24.4 Å². The standard InChI is InChI=1S/C29H21F3N4O7/c30-29(31,32)43-19-8-3-5-15(11-19)24-22-23(26(38)35(25(22)37)17-6-4-7-18(12-17)36(41)42)28(34-24,27(39)40)13-16-14-33-21-10-2-1-9-20(16)21/h1-12,14,22-24,33-34H,13H2,(H,39,40). The number of aromatic nitrogens is 1. The van der Waals surface area contributed by atoms with Crippen LogP contribution in [0.25, 0.3) is 10.9 Å². The second-order valence-electron chi connectivity index (χ2n) is 10.3. The first kappa shape index (κ1) is 27.9. The maximum atomic E-state index is 14.1. The number of carbonyl (C=O) groups excluding carboxylic acids is 2. The van der Waals surface area contributed by atoms with Crippen molar-refractivity contribution < 1.29 is 42.3 Å². The van der Waals surface area contributed by atoms with Gasteiger partial charge in [-0.05, 0) is 35.4 Å². The van der Waals surface area contributed by atoms with Crippen LogP contribution in [0.3, 0.4) is 0 Å². The number of non-ortho nitro benzene ring substituents is 1. The van der Waals surface area contributed by atoms with Gasteiger partial charge >= 0.3 is 12.3 Å². The van der Waals surface area contributed by atoms with Crippen LogP contribution in [-0.2, 0) is 20.8 Å². The van der Waals surface area contributed by atoms with Gasteiger partial charge in [0.05, 0.1) is 22.4 Å². The molecule has 4 aromatic rings. The molecule has 3 aromatic carbocycles. The molecule has 11 nitrogen and oxygen atoms in total. The van der Waals surface area contributed by atoms with Crippen molar-refractivity contribution in [1.29, 1.82) is 0 Å². The highest BCUT2D eigenvalue weighted by molar-refractivity contribution is 6.24. The third kappa shape index (κ3) is 4.65. The number of para-hydroxylation sites is 1. The number of hydrogen-bond donors (Lipinski definition) is 3. The topological polar surface area (TPSA) is 155 Å². The number of amides is 2. The monoisotopic (exact) mass is 594 g/mol. The van der Waals surface area contributed by atoms with Gasteiger partial charge in [-0.3, -0.25) is 29.8 Å². The van der Waals surface area contributed by atoms with Crippen LogP contribution in [0, 0.1) is 22.0 Å². The highest BCUT2D eigenvalue weighted by Crippen LogP contribution is 2.51. The number of nitrogens with one attached hydrogen (secondary N) is 2. The van der Waals surface area contributed by atoms with Gasteiger partial charge in [-0.15, -0.1) is 13.2 Å². The Morgan fingerprint density at radius 3 is 2.51 bits per heavy atom. The van der Waals surface area contributed by atoms with E-state index in [1.165, 1.54) is 30.3 Å². The molecule has 220 valence electrons. The molecule has 0 aliphatic carbocycles. The van der Waals surface area contributed by atoms with Crippen molar-refractivity contribution in [3.63, 3.8) is 0 Å². The normalized spacial score (nSPS) is 23.5. The number of imide groups is 1. The molecule has 43 heavy (non-hydrogen) atoms. The fraction of sp³-hybridized carbons (Fsp3) is 0.207. The number of fused-ring (bicyclic) bond motifs is 2. The Bertz CT molecular complexity index is 1810. The Morgan fingerprint density at radius 2 is 1.79 bits per heavy atom. The van der Waals surface area contributed by atoms with Gasteiger partial charge in [0.25, 0.3) is 5.69 Å². The number of carbonyl (C=O) groups is 3. The summed E-state index contributed by atoms with van der Waals surface area (Å²) in [5, 5.41) is 25.8. The summed E-state index contributed by atoms with van der Waals surface area (Å²) < 4.78 is 43.1. The number of nitrogens with zero attached hydrogens (tertiary/aromatic N) is 2. The lowest BCUT2D eigenvalue weighted by Crippen LogP contribution is -2.57. The number of hydrogen-bond acceptors (Lipinski definition) is 7. The molecule has 2 aliphatic rings. The first-order chi connectivity index (χ1) is 20.4. The van der Waals surface area contributed by atoms with Gasteiger partial charge in [0.2, 0.25) is 11.8 Å². The number of carboxylic acid groups (broad SMARTS) is 1. The molecule has 3 heterocycles. The van der Waals surface area contributed by atoms with Crippen LogP contribution in [0.15, 0.2) is 79.0 Å². The molecule has 2 fully saturated rings. The van der Waals surface area contributed by atoms with Crippen LogP contribution in [0.1, 0.15) is 17.2 Å². The SMILES string of the molecule is O=C1C2C(c3cccc(OC(F)(F)F)c3)NC(Cc3c[nH]c4ccccc34)(C(=O)O)C2C(=O)N1c1cccc([N+](=O)[O-])c1. The first-order valence-electron chi connectivity index (χ1n) is 12.9. The van der Waals surface area contributed by atoms with Gasteiger partial charge in [0.1, 0.15) is 11.3 Å². The van der Waals surface area contributed by atoms with Crippen molar-refractivity contribution in [3.8, 4) is 5.75 Å². The molecule has 14 heteroatoms. The average Bonchev–Trinajstić information content (AvgIpc) is 3.60. The number of halogens is 3. The largest absolute Gasteiger partial charge is 0.573 e. The zero-order valence-electron chi connectivity index (χ0n) is 21.9. The van der Waals surface area contributed by atoms with E-state index in [2.05, 4.69) is 15.0 Å². The van der Waals surface area contributed by atoms with Gasteiger partial charge < -0.3 is 14.8 Å². The number of nitro benzene ring substituents is 1. The molecule has 2 aliphatic heterocycles. The number of aliphatic carboxylic acids is 1. The van der Waals surface area contributed by atoms with E-state index < -0.39 is 63.9 Å². The summed E-state index contributed by atoms with van der Waals surface area (Å²) in [6.45, 7) is 0. The fourth-order valence-electron chi connectivity index (χ4n) is 6.21. The Hall–Kier alpha value is -5.24. The highest BCUT2D eigenvalue weighted by atomic mass is 19.4. The molecule has 0 bridgehead atoms. The minimum Gasteiger partial charge on any atom is -0.480 e. The van der Waals surface area contributed by atoms with Crippen LogP contribution in [0.4, 0.5) is 24.5 Å². The van der Waals surface area contributed by atoms with Crippen LogP contribution >= 0.6 is 0 Å². The van der Waals surface area contributed by atoms with Gasteiger partial charge in [0.15, 0.2) is 0 Å². The summed E-state index contributed by atoms with van der Waals surface area (Å²) in [5.74, 6) is -6.72. The van der Waals surface area contributed by atoms with Gasteiger partial charge in [-0.1, -0.05) is 36.4 Å². The lowest BCUT2D eigenvalue weighted by Gasteiger charge is -2.31. The molecule has 0 radical (unpaired) electrons. The van der Waals surface area contributed by atoms with E-state index in [1.807, 2.05) is 0 Å². The molecule has 4 atom stereocenters. The molecule has 2 saturated heterocycles. The van der Waals surface area contributed by atoms with Gasteiger partial charge in [-0.2, -0.15) is 0 Å². The lowest BCUT2D eigenvalue weighted by molar-refractivity contribution is -0.384. The van der Waals surface area contributed by atoms with E-state index in [1.54, 1.807) is 30.5 Å². The maximum absolute atomic E-state index is 14.1. The van der Waals surface area contributed by atoms with Crippen LogP contribution < -0.4 is 15.0 Å². The van der Waals surface area contributed by atoms with Crippen LogP contribution in [0.2, 0.25) is 0 Å². The third-order valence-electron chi connectivity index (χ3n) is 7.93. The van der Waals surface area contributed by atoms with Crippen LogP contribution in [-0.4, -0.2) is 44.7 Å². The van der Waals surface area contributed by atoms with Crippen LogP contribution in [0.5, 0.6) is 5.75 Å². The second kappa shape index (κ2) is 9.94. The minimum atomic E-state index is -5.01. The van der Waals surface area contributed by atoms with E-state index >= 15 is 0 Å². The van der Waals surface area contributed by atoms with E-state index in [4.69, 9.17) is 0 Å². The minimum absolute atomic E-state index is 0.0841. The van der Waals surface area contributed by atoms with Crippen molar-refractivity contribution in [1.82, 2.24) is 10.3 Å². The smallest absolute Gasteiger partial charge is 0.480 e. The van der Waals surface area contributed by atoms with Gasteiger partial charge in [-0.25, -0.2) is 4.90 Å². The number of H-pyrrole nitrogens is 1. The predicted molar refractivity (Wildman–Crippen MR) is 144 cm³/mol. The Morgan fingerprint density at radius 1 is 1.05 bits per heavy atom. The van der Waals surface area contributed by atoms with E-state index in [0.717, 1.165) is 23.1 Å². The molecule has 6 rings (SSSR count). The molecular formula is C29H21F3N4O7.